The Morgan fingerprint density at radius 2 is 1.95 bits per heavy atom. The molecule has 4 N–H and O–H groups in total. The van der Waals surface area contributed by atoms with Gasteiger partial charge in [0.15, 0.2) is 0 Å². The molecule has 0 unspecified atom stereocenters. The molecule has 0 aliphatic rings. The Balaban J connectivity index is 3.80. The second-order valence-electron chi connectivity index (χ2n) is 3.99. The standard InChI is InChI=1S/C12H24N2O5/c1-2-18-7-8-19-9-11(15)14-10(12(16)17)5-3-4-6-13/h10H,2-9,13H2,1H3,(H,14,15)(H,16,17)/t10-/m0/s1. The van der Waals surface area contributed by atoms with Gasteiger partial charge in [0.2, 0.25) is 5.91 Å². The minimum absolute atomic E-state index is 0.159. The highest BCUT2D eigenvalue weighted by Gasteiger charge is 2.19. The molecule has 0 radical (unpaired) electrons. The summed E-state index contributed by atoms with van der Waals surface area (Å²) in [5.74, 6) is -1.48. The number of nitrogens with two attached hydrogens (primary N) is 1. The van der Waals surface area contributed by atoms with Crippen molar-refractivity contribution >= 4 is 11.9 Å². The Morgan fingerprint density at radius 1 is 1.26 bits per heavy atom. The van der Waals surface area contributed by atoms with E-state index in [1.807, 2.05) is 6.92 Å². The molecule has 0 fully saturated rings. The molecule has 0 spiro atoms. The maximum absolute atomic E-state index is 11.5. The lowest BCUT2D eigenvalue weighted by Crippen LogP contribution is -2.42. The van der Waals surface area contributed by atoms with Crippen LogP contribution in [0.3, 0.4) is 0 Å². The summed E-state index contributed by atoms with van der Waals surface area (Å²) in [5, 5.41) is 11.4. The van der Waals surface area contributed by atoms with Gasteiger partial charge in [-0.25, -0.2) is 4.79 Å². The predicted octanol–water partition coefficient (Wildman–Crippen LogP) is -0.262. The molecule has 0 bridgehead atoms. The van der Waals surface area contributed by atoms with Crippen LogP contribution in [-0.4, -0.2) is 56.0 Å². The lowest BCUT2D eigenvalue weighted by Gasteiger charge is -2.14. The summed E-state index contributed by atoms with van der Waals surface area (Å²) < 4.78 is 10.1. The Kier molecular flexibility index (Phi) is 11.1. The van der Waals surface area contributed by atoms with E-state index in [9.17, 15) is 9.59 Å². The molecule has 0 rings (SSSR count). The maximum atomic E-state index is 11.5. The van der Waals surface area contributed by atoms with E-state index in [0.29, 0.717) is 39.2 Å². The SMILES string of the molecule is CCOCCOCC(=O)N[C@@H](CCCCN)C(=O)O. The third kappa shape index (κ3) is 10.4. The van der Waals surface area contributed by atoms with Crippen LogP contribution in [0.5, 0.6) is 0 Å². The fourth-order valence-corrected chi connectivity index (χ4v) is 1.41. The molecule has 0 saturated carbocycles. The number of hydrogen-bond acceptors (Lipinski definition) is 5. The van der Waals surface area contributed by atoms with Crippen molar-refractivity contribution in [2.45, 2.75) is 32.2 Å². The number of aliphatic carboxylic acids is 1. The minimum Gasteiger partial charge on any atom is -0.480 e. The second-order valence-corrected chi connectivity index (χ2v) is 3.99. The van der Waals surface area contributed by atoms with Crippen LogP contribution in [0.4, 0.5) is 0 Å². The molecular weight excluding hydrogens is 252 g/mol. The van der Waals surface area contributed by atoms with Crippen molar-refractivity contribution in [2.75, 3.05) is 33.0 Å². The first-order valence-electron chi connectivity index (χ1n) is 6.49. The molecule has 7 nitrogen and oxygen atoms in total. The highest BCUT2D eigenvalue weighted by molar-refractivity contribution is 5.84. The van der Waals surface area contributed by atoms with E-state index in [-0.39, 0.29) is 6.61 Å². The number of hydrogen-bond donors (Lipinski definition) is 3. The summed E-state index contributed by atoms with van der Waals surface area (Å²) in [6.45, 7) is 3.55. The van der Waals surface area contributed by atoms with Gasteiger partial charge in [0.05, 0.1) is 13.2 Å². The average Bonchev–Trinajstić information content (AvgIpc) is 2.37. The topological polar surface area (TPSA) is 111 Å². The van der Waals surface area contributed by atoms with Gasteiger partial charge in [0.25, 0.3) is 0 Å². The van der Waals surface area contributed by atoms with Gasteiger partial charge in [-0.2, -0.15) is 0 Å². The molecule has 0 saturated heterocycles. The van der Waals surface area contributed by atoms with E-state index in [0.717, 1.165) is 6.42 Å². The fraction of sp³-hybridized carbons (Fsp3) is 0.833. The Hall–Kier alpha value is -1.18. The zero-order valence-electron chi connectivity index (χ0n) is 11.4. The molecular formula is C12H24N2O5. The number of nitrogens with one attached hydrogen (secondary N) is 1. The van der Waals surface area contributed by atoms with Crippen molar-refractivity contribution < 1.29 is 24.2 Å². The van der Waals surface area contributed by atoms with Crippen LogP contribution < -0.4 is 11.1 Å². The number of unbranched alkanes of at least 4 members (excludes halogenated alkanes) is 1. The lowest BCUT2D eigenvalue weighted by atomic mass is 10.1. The van der Waals surface area contributed by atoms with Crippen molar-refractivity contribution in [2.24, 2.45) is 5.73 Å². The molecule has 1 atom stereocenters. The van der Waals surface area contributed by atoms with Crippen LogP contribution in [0.2, 0.25) is 0 Å². The lowest BCUT2D eigenvalue weighted by molar-refractivity contribution is -0.142. The van der Waals surface area contributed by atoms with Crippen molar-refractivity contribution in [3.8, 4) is 0 Å². The molecule has 1 amide bonds. The minimum atomic E-state index is -1.04. The van der Waals surface area contributed by atoms with E-state index in [4.69, 9.17) is 20.3 Å². The van der Waals surface area contributed by atoms with Crippen molar-refractivity contribution in [3.63, 3.8) is 0 Å². The predicted molar refractivity (Wildman–Crippen MR) is 69.8 cm³/mol. The molecule has 0 aliphatic heterocycles. The Morgan fingerprint density at radius 3 is 2.53 bits per heavy atom. The zero-order chi connectivity index (χ0) is 14.5. The first-order chi connectivity index (χ1) is 9.11. The quantitative estimate of drug-likeness (QED) is 0.423. The smallest absolute Gasteiger partial charge is 0.326 e. The Labute approximate surface area is 113 Å². The normalized spacial score (nSPS) is 12.1. The third-order valence-corrected chi connectivity index (χ3v) is 2.39. The van der Waals surface area contributed by atoms with Gasteiger partial charge < -0.3 is 25.6 Å². The monoisotopic (exact) mass is 276 g/mol. The summed E-state index contributed by atoms with van der Waals surface area (Å²) >= 11 is 0. The van der Waals surface area contributed by atoms with Crippen LogP contribution in [0, 0.1) is 0 Å². The van der Waals surface area contributed by atoms with Crippen LogP contribution in [-0.2, 0) is 19.1 Å². The summed E-state index contributed by atoms with van der Waals surface area (Å²) in [6, 6.07) is -0.880. The summed E-state index contributed by atoms with van der Waals surface area (Å²) in [4.78, 5) is 22.4. The second kappa shape index (κ2) is 11.9. The first kappa shape index (κ1) is 17.8. The molecule has 0 heterocycles. The summed E-state index contributed by atoms with van der Waals surface area (Å²) in [7, 11) is 0. The van der Waals surface area contributed by atoms with Gasteiger partial charge in [-0.15, -0.1) is 0 Å². The number of rotatable bonds is 12. The molecule has 0 aliphatic carbocycles. The number of ether oxygens (including phenoxy) is 2. The third-order valence-electron chi connectivity index (χ3n) is 2.39. The van der Waals surface area contributed by atoms with Gasteiger partial charge in [-0.3, -0.25) is 4.79 Å². The summed E-state index contributed by atoms with van der Waals surface area (Å²) in [5.41, 5.74) is 5.33. The van der Waals surface area contributed by atoms with E-state index >= 15 is 0 Å². The summed E-state index contributed by atoms with van der Waals surface area (Å²) in [6.07, 6.45) is 1.78. The first-order valence-corrected chi connectivity index (χ1v) is 6.49. The molecule has 7 heteroatoms. The van der Waals surface area contributed by atoms with Crippen molar-refractivity contribution in [3.05, 3.63) is 0 Å². The number of carboxylic acid groups (broad SMARTS) is 1. The Bertz CT molecular complexity index is 261. The van der Waals surface area contributed by atoms with Gasteiger partial charge in [0.1, 0.15) is 12.6 Å². The van der Waals surface area contributed by atoms with E-state index in [1.165, 1.54) is 0 Å². The van der Waals surface area contributed by atoms with Crippen LogP contribution in [0.25, 0.3) is 0 Å². The molecule has 0 aromatic heterocycles. The van der Waals surface area contributed by atoms with E-state index in [1.54, 1.807) is 0 Å². The van der Waals surface area contributed by atoms with Crippen LogP contribution >= 0.6 is 0 Å². The van der Waals surface area contributed by atoms with Crippen molar-refractivity contribution in [1.82, 2.24) is 5.32 Å². The van der Waals surface area contributed by atoms with Crippen LogP contribution in [0.15, 0.2) is 0 Å². The van der Waals surface area contributed by atoms with Crippen molar-refractivity contribution in [1.29, 1.82) is 0 Å². The number of carboxylic acids is 1. The number of carbonyl (C=O) groups excluding carboxylic acids is 1. The average molecular weight is 276 g/mol. The zero-order valence-corrected chi connectivity index (χ0v) is 11.4. The number of carbonyl (C=O) groups is 2. The fourth-order valence-electron chi connectivity index (χ4n) is 1.41. The largest absolute Gasteiger partial charge is 0.480 e. The number of amides is 1. The molecule has 112 valence electrons. The maximum Gasteiger partial charge on any atom is 0.326 e. The van der Waals surface area contributed by atoms with Crippen LogP contribution in [0.1, 0.15) is 26.2 Å². The van der Waals surface area contributed by atoms with E-state index < -0.39 is 17.9 Å². The molecule has 0 aromatic rings. The van der Waals surface area contributed by atoms with Gasteiger partial charge in [-0.1, -0.05) is 0 Å². The highest BCUT2D eigenvalue weighted by Crippen LogP contribution is 2.00. The molecule has 0 aromatic carbocycles. The van der Waals surface area contributed by atoms with Gasteiger partial charge >= 0.3 is 5.97 Å². The van der Waals surface area contributed by atoms with Gasteiger partial charge in [0, 0.05) is 6.61 Å². The van der Waals surface area contributed by atoms with Gasteiger partial charge in [-0.05, 0) is 32.7 Å². The van der Waals surface area contributed by atoms with E-state index in [2.05, 4.69) is 5.32 Å². The molecule has 19 heavy (non-hydrogen) atoms. The highest BCUT2D eigenvalue weighted by atomic mass is 16.5.